The Labute approximate surface area is 103 Å². The highest BCUT2D eigenvalue weighted by Crippen LogP contribution is 2.13. The van der Waals surface area contributed by atoms with Gasteiger partial charge in [0.1, 0.15) is 6.17 Å². The summed E-state index contributed by atoms with van der Waals surface area (Å²) in [5.74, 6) is 0. The van der Waals surface area contributed by atoms with E-state index in [2.05, 4.69) is 20.0 Å². The van der Waals surface area contributed by atoms with E-state index in [1.165, 1.54) is 0 Å². The second-order valence-corrected chi connectivity index (χ2v) is 4.43. The van der Waals surface area contributed by atoms with Crippen molar-refractivity contribution in [3.05, 3.63) is 47.1 Å². The van der Waals surface area contributed by atoms with E-state index in [0.717, 1.165) is 32.8 Å². The summed E-state index contributed by atoms with van der Waals surface area (Å²) >= 11 is 0. The normalized spacial score (nSPS) is 14.5. The number of benzene rings is 2. The Morgan fingerprint density at radius 3 is 1.78 bits per heavy atom. The van der Waals surface area contributed by atoms with E-state index in [1.807, 2.05) is 43.3 Å². The topological polar surface area (TPSA) is 50.5 Å². The molecule has 0 aliphatic carbocycles. The molecule has 0 saturated carbocycles. The molecule has 86 valence electrons. The largest absolute Gasteiger partial charge is 0.257 e. The molecule has 0 radical (unpaired) electrons. The van der Waals surface area contributed by atoms with Gasteiger partial charge in [-0.05, 0) is 31.2 Å². The van der Waals surface area contributed by atoms with Gasteiger partial charge < -0.3 is 0 Å². The van der Waals surface area contributed by atoms with Gasteiger partial charge in [0.2, 0.25) is 0 Å². The molecule has 18 heavy (non-hydrogen) atoms. The Morgan fingerprint density at radius 1 is 0.778 bits per heavy atom. The summed E-state index contributed by atoms with van der Waals surface area (Å²) in [5, 5.41) is 1.83. The van der Waals surface area contributed by atoms with Crippen LogP contribution in [0.15, 0.2) is 46.4 Å². The third-order valence-electron chi connectivity index (χ3n) is 3.09. The molecule has 1 aliphatic heterocycles. The van der Waals surface area contributed by atoms with E-state index in [9.17, 15) is 0 Å². The molecule has 0 fully saturated rings. The molecule has 0 amide bonds. The predicted octanol–water partition coefficient (Wildman–Crippen LogP) is 1.38. The van der Waals surface area contributed by atoms with Crippen molar-refractivity contribution in [1.82, 2.24) is 9.97 Å². The summed E-state index contributed by atoms with van der Waals surface area (Å²) in [6, 6.07) is 11.8. The van der Waals surface area contributed by atoms with Crippen molar-refractivity contribution in [3.63, 3.8) is 0 Å². The van der Waals surface area contributed by atoms with Gasteiger partial charge in [-0.1, -0.05) is 12.1 Å². The number of para-hydroxylation sites is 2. The molecule has 0 atom stereocenters. The first-order chi connectivity index (χ1) is 8.79. The maximum absolute atomic E-state index is 4.62. The molecular formula is C14H10N4. The van der Waals surface area contributed by atoms with Crippen molar-refractivity contribution in [2.24, 2.45) is 9.98 Å². The van der Waals surface area contributed by atoms with Crippen LogP contribution >= 0.6 is 0 Å². The minimum absolute atomic E-state index is 0.00577. The quantitative estimate of drug-likeness (QED) is 0.552. The third-order valence-corrected chi connectivity index (χ3v) is 3.09. The number of nitrogens with zero attached hydrogens (tertiary/aromatic N) is 4. The first-order valence-electron chi connectivity index (χ1n) is 5.92. The Morgan fingerprint density at radius 2 is 1.28 bits per heavy atom. The SMILES string of the molecule is CC1N=c2cc3nc4ccccc4nc3cc2=N1. The number of hydrogen-bond donors (Lipinski definition) is 0. The maximum atomic E-state index is 4.62. The number of hydrogen-bond acceptors (Lipinski definition) is 4. The van der Waals surface area contributed by atoms with E-state index >= 15 is 0 Å². The Kier molecular flexibility index (Phi) is 1.78. The van der Waals surface area contributed by atoms with E-state index in [1.54, 1.807) is 0 Å². The van der Waals surface area contributed by atoms with Gasteiger partial charge in [0.15, 0.2) is 0 Å². The highest BCUT2D eigenvalue weighted by Gasteiger charge is 2.07. The minimum Gasteiger partial charge on any atom is -0.257 e. The Bertz CT molecular complexity index is 825. The molecule has 3 aromatic rings. The summed E-state index contributed by atoms with van der Waals surface area (Å²) in [7, 11) is 0. The second kappa shape index (κ2) is 3.32. The molecule has 0 bridgehead atoms. The van der Waals surface area contributed by atoms with Crippen LogP contribution in [0.3, 0.4) is 0 Å². The highest BCUT2D eigenvalue weighted by molar-refractivity contribution is 5.85. The van der Waals surface area contributed by atoms with Gasteiger partial charge in [-0.2, -0.15) is 0 Å². The minimum atomic E-state index is 0.00577. The van der Waals surface area contributed by atoms with Crippen molar-refractivity contribution >= 4 is 22.1 Å². The summed E-state index contributed by atoms with van der Waals surface area (Å²) < 4.78 is 0. The number of fused-ring (bicyclic) bond motifs is 3. The molecule has 0 unspecified atom stereocenters. The monoisotopic (exact) mass is 234 g/mol. The molecule has 1 aromatic heterocycles. The summed E-state index contributed by atoms with van der Waals surface area (Å²) in [5.41, 5.74) is 3.57. The highest BCUT2D eigenvalue weighted by atomic mass is 15.0. The van der Waals surface area contributed by atoms with Crippen LogP contribution in [-0.2, 0) is 0 Å². The lowest BCUT2D eigenvalue weighted by Crippen LogP contribution is -2.21. The molecule has 4 rings (SSSR count). The number of rotatable bonds is 0. The van der Waals surface area contributed by atoms with Crippen molar-refractivity contribution < 1.29 is 0 Å². The molecule has 2 heterocycles. The fourth-order valence-electron chi connectivity index (χ4n) is 2.28. The molecule has 4 nitrogen and oxygen atoms in total. The lowest BCUT2D eigenvalue weighted by Gasteiger charge is -1.99. The van der Waals surface area contributed by atoms with Crippen molar-refractivity contribution in [2.45, 2.75) is 13.1 Å². The molecular weight excluding hydrogens is 224 g/mol. The molecule has 0 saturated heterocycles. The first kappa shape index (κ1) is 9.65. The summed E-state index contributed by atoms with van der Waals surface area (Å²) in [6.07, 6.45) is 0.00577. The van der Waals surface area contributed by atoms with Gasteiger partial charge in [-0.25, -0.2) is 9.97 Å². The van der Waals surface area contributed by atoms with Crippen LogP contribution in [0.2, 0.25) is 0 Å². The zero-order valence-electron chi connectivity index (χ0n) is 9.83. The zero-order chi connectivity index (χ0) is 12.1. The maximum Gasteiger partial charge on any atom is 0.138 e. The van der Waals surface area contributed by atoms with E-state index < -0.39 is 0 Å². The Hall–Kier alpha value is -2.36. The third kappa shape index (κ3) is 1.32. The lowest BCUT2D eigenvalue weighted by atomic mass is 10.2. The molecule has 4 heteroatoms. The van der Waals surface area contributed by atoms with Gasteiger partial charge in [-0.3, -0.25) is 9.98 Å². The molecule has 0 spiro atoms. The van der Waals surface area contributed by atoms with Crippen molar-refractivity contribution in [3.8, 4) is 0 Å². The average Bonchev–Trinajstić information content (AvgIpc) is 2.72. The molecule has 0 N–H and O–H groups in total. The van der Waals surface area contributed by atoms with Crippen molar-refractivity contribution in [1.29, 1.82) is 0 Å². The van der Waals surface area contributed by atoms with E-state index in [-0.39, 0.29) is 6.17 Å². The van der Waals surface area contributed by atoms with Crippen LogP contribution in [0, 0.1) is 0 Å². The summed E-state index contributed by atoms with van der Waals surface area (Å²) in [6.45, 7) is 1.97. The zero-order valence-corrected chi connectivity index (χ0v) is 9.83. The second-order valence-electron chi connectivity index (χ2n) is 4.43. The van der Waals surface area contributed by atoms with Gasteiger partial charge in [0.25, 0.3) is 0 Å². The van der Waals surface area contributed by atoms with Crippen LogP contribution in [0.25, 0.3) is 22.1 Å². The number of aromatic nitrogens is 2. The van der Waals surface area contributed by atoms with Gasteiger partial charge in [0.05, 0.1) is 32.8 Å². The van der Waals surface area contributed by atoms with E-state index in [4.69, 9.17) is 0 Å². The fourth-order valence-corrected chi connectivity index (χ4v) is 2.28. The van der Waals surface area contributed by atoms with E-state index in [0.29, 0.717) is 0 Å². The predicted molar refractivity (Wildman–Crippen MR) is 68.8 cm³/mol. The van der Waals surface area contributed by atoms with Crippen LogP contribution < -0.4 is 10.7 Å². The van der Waals surface area contributed by atoms with Crippen LogP contribution in [0.5, 0.6) is 0 Å². The lowest BCUT2D eigenvalue weighted by molar-refractivity contribution is 0.787. The fraction of sp³-hybridized carbons (Fsp3) is 0.143. The van der Waals surface area contributed by atoms with Crippen LogP contribution in [-0.4, -0.2) is 16.1 Å². The van der Waals surface area contributed by atoms with Gasteiger partial charge in [-0.15, -0.1) is 0 Å². The standard InChI is InChI=1S/C14H10N4/c1-8-15-11-6-13-14(7-12(11)16-8)18-10-5-3-2-4-9(10)17-13/h2-8H,1H3. The van der Waals surface area contributed by atoms with Crippen molar-refractivity contribution in [2.75, 3.05) is 0 Å². The van der Waals surface area contributed by atoms with Crippen LogP contribution in [0.4, 0.5) is 0 Å². The molecule has 1 aliphatic rings. The van der Waals surface area contributed by atoms with Gasteiger partial charge >= 0.3 is 0 Å². The van der Waals surface area contributed by atoms with Gasteiger partial charge in [0, 0.05) is 0 Å². The first-order valence-corrected chi connectivity index (χ1v) is 5.92. The molecule has 2 aromatic carbocycles. The average molecular weight is 234 g/mol. The summed E-state index contributed by atoms with van der Waals surface area (Å²) in [4.78, 5) is 18.1. The van der Waals surface area contributed by atoms with Crippen LogP contribution in [0.1, 0.15) is 6.92 Å². The Balaban J connectivity index is 2.18. The smallest absolute Gasteiger partial charge is 0.138 e.